The van der Waals surface area contributed by atoms with Crippen LogP contribution in [-0.4, -0.2) is 31.3 Å². The highest BCUT2D eigenvalue weighted by molar-refractivity contribution is 5.96. The third kappa shape index (κ3) is 2.55. The molecule has 124 valence electrons. The van der Waals surface area contributed by atoms with E-state index >= 15 is 0 Å². The van der Waals surface area contributed by atoms with Gasteiger partial charge in [-0.2, -0.15) is 5.10 Å². The number of methoxy groups -OCH3 is 1. The van der Waals surface area contributed by atoms with Crippen molar-refractivity contribution >= 4 is 5.71 Å². The molecule has 1 heterocycles. The molecule has 1 aromatic carbocycles. The summed E-state index contributed by atoms with van der Waals surface area (Å²) in [6.45, 7) is 6.58. The Bertz CT molecular complexity index is 665. The normalized spacial score (nSPS) is 29.6. The zero-order valence-corrected chi connectivity index (χ0v) is 14.6. The number of fused-ring (bicyclic) bond motifs is 2. The molecule has 2 unspecified atom stereocenters. The van der Waals surface area contributed by atoms with Gasteiger partial charge < -0.3 is 15.5 Å². The van der Waals surface area contributed by atoms with Crippen molar-refractivity contribution in [3.8, 4) is 5.75 Å². The van der Waals surface area contributed by atoms with E-state index in [0.29, 0.717) is 5.92 Å². The zero-order chi connectivity index (χ0) is 16.6. The lowest BCUT2D eigenvalue weighted by atomic mass is 9.62. The first-order valence-electron chi connectivity index (χ1n) is 8.33. The summed E-state index contributed by atoms with van der Waals surface area (Å²) in [6.07, 6.45) is 6.50. The topological polar surface area (TPSA) is 50.9 Å². The van der Waals surface area contributed by atoms with Gasteiger partial charge in [-0.25, -0.2) is 0 Å². The molecule has 0 saturated carbocycles. The second-order valence-corrected chi connectivity index (χ2v) is 7.01. The summed E-state index contributed by atoms with van der Waals surface area (Å²) in [5.41, 5.74) is 5.15. The minimum absolute atomic E-state index is 0.0346. The molecule has 2 atom stereocenters. The van der Waals surface area contributed by atoms with Gasteiger partial charge in [0.1, 0.15) is 5.75 Å². The summed E-state index contributed by atoms with van der Waals surface area (Å²) in [5.74, 6) is 6.96. The van der Waals surface area contributed by atoms with Crippen LogP contribution >= 0.6 is 0 Å². The lowest BCUT2D eigenvalue weighted by Gasteiger charge is -2.41. The van der Waals surface area contributed by atoms with Crippen molar-refractivity contribution < 1.29 is 4.74 Å². The standard InChI is InChI=1S/C19H27N3O/c1-13-11-16(21-20)7-8-19(13)9-10-22(3)12-15-5-6-17(23-4)14(2)18(15)19/h5-8,13H,9-12,20H2,1-4H3/b21-16+. The fraction of sp³-hybridized carbons (Fsp3) is 0.526. The highest BCUT2D eigenvalue weighted by atomic mass is 16.5. The van der Waals surface area contributed by atoms with Crippen molar-refractivity contribution in [1.29, 1.82) is 0 Å². The summed E-state index contributed by atoms with van der Waals surface area (Å²) < 4.78 is 5.61. The monoisotopic (exact) mass is 313 g/mol. The van der Waals surface area contributed by atoms with Crippen LogP contribution in [0.3, 0.4) is 0 Å². The van der Waals surface area contributed by atoms with Crippen LogP contribution in [0.2, 0.25) is 0 Å². The fourth-order valence-corrected chi connectivity index (χ4v) is 4.35. The molecule has 0 radical (unpaired) electrons. The third-order valence-electron chi connectivity index (χ3n) is 5.67. The Kier molecular flexibility index (Phi) is 4.19. The molecule has 0 amide bonds. The minimum Gasteiger partial charge on any atom is -0.496 e. The SMILES string of the molecule is COc1ccc2c(c1C)C1(C=C/C(=N\N)CC1C)CCN(C)C2. The Hall–Kier alpha value is -1.81. The molecule has 1 aromatic rings. The molecule has 0 bridgehead atoms. The number of rotatable bonds is 1. The van der Waals surface area contributed by atoms with Crippen LogP contribution in [0.4, 0.5) is 0 Å². The number of ether oxygens (including phenoxy) is 1. The zero-order valence-electron chi connectivity index (χ0n) is 14.6. The maximum absolute atomic E-state index is 5.61. The predicted molar refractivity (Wildman–Crippen MR) is 94.9 cm³/mol. The van der Waals surface area contributed by atoms with Crippen molar-refractivity contribution in [1.82, 2.24) is 4.90 Å². The van der Waals surface area contributed by atoms with Crippen LogP contribution in [0.15, 0.2) is 29.4 Å². The first-order chi connectivity index (χ1) is 11.0. The maximum atomic E-state index is 5.61. The average molecular weight is 313 g/mol. The van der Waals surface area contributed by atoms with E-state index in [2.05, 4.69) is 55.2 Å². The van der Waals surface area contributed by atoms with E-state index < -0.39 is 0 Å². The van der Waals surface area contributed by atoms with Crippen molar-refractivity contribution in [3.63, 3.8) is 0 Å². The van der Waals surface area contributed by atoms with Gasteiger partial charge in [0.2, 0.25) is 0 Å². The molecule has 1 aliphatic carbocycles. The van der Waals surface area contributed by atoms with Gasteiger partial charge in [-0.05, 0) is 68.1 Å². The molecule has 23 heavy (non-hydrogen) atoms. The van der Waals surface area contributed by atoms with E-state index in [0.717, 1.165) is 37.4 Å². The molecule has 1 aliphatic heterocycles. The number of nitrogens with zero attached hydrogens (tertiary/aromatic N) is 2. The molecule has 1 spiro atoms. The van der Waals surface area contributed by atoms with Crippen molar-refractivity contribution in [3.05, 3.63) is 41.0 Å². The first-order valence-corrected chi connectivity index (χ1v) is 8.33. The van der Waals surface area contributed by atoms with Crippen LogP contribution in [0.1, 0.15) is 36.5 Å². The summed E-state index contributed by atoms with van der Waals surface area (Å²) in [6, 6.07) is 4.34. The van der Waals surface area contributed by atoms with Gasteiger partial charge in [-0.15, -0.1) is 0 Å². The summed E-state index contributed by atoms with van der Waals surface area (Å²) in [7, 11) is 3.95. The second-order valence-electron chi connectivity index (χ2n) is 7.01. The Labute approximate surface area is 139 Å². The number of hydrazone groups is 1. The summed E-state index contributed by atoms with van der Waals surface area (Å²) >= 11 is 0. The Balaban J connectivity index is 2.24. The van der Waals surface area contributed by atoms with E-state index in [1.54, 1.807) is 7.11 Å². The smallest absolute Gasteiger partial charge is 0.122 e. The molecular weight excluding hydrogens is 286 g/mol. The number of allylic oxidation sites excluding steroid dienone is 2. The van der Waals surface area contributed by atoms with Gasteiger partial charge in [-0.1, -0.05) is 19.1 Å². The molecule has 0 saturated heterocycles. The number of benzene rings is 1. The largest absolute Gasteiger partial charge is 0.496 e. The number of hydrogen-bond acceptors (Lipinski definition) is 4. The van der Waals surface area contributed by atoms with E-state index in [1.165, 1.54) is 16.7 Å². The van der Waals surface area contributed by atoms with Gasteiger partial charge in [0, 0.05) is 12.0 Å². The van der Waals surface area contributed by atoms with Crippen LogP contribution < -0.4 is 10.6 Å². The lowest BCUT2D eigenvalue weighted by molar-refractivity contribution is 0.275. The lowest BCUT2D eigenvalue weighted by Crippen LogP contribution is -2.38. The minimum atomic E-state index is 0.0346. The average Bonchev–Trinajstić information content (AvgIpc) is 2.68. The van der Waals surface area contributed by atoms with Gasteiger partial charge in [0.05, 0.1) is 12.8 Å². The van der Waals surface area contributed by atoms with Crippen molar-refractivity contribution in [2.45, 2.75) is 38.6 Å². The van der Waals surface area contributed by atoms with Gasteiger partial charge in [0.15, 0.2) is 0 Å². The van der Waals surface area contributed by atoms with Crippen LogP contribution in [0, 0.1) is 12.8 Å². The van der Waals surface area contributed by atoms with E-state index in [1.807, 2.05) is 0 Å². The molecule has 0 aromatic heterocycles. The van der Waals surface area contributed by atoms with E-state index in [-0.39, 0.29) is 5.41 Å². The van der Waals surface area contributed by atoms with Crippen LogP contribution in [-0.2, 0) is 12.0 Å². The second kappa shape index (κ2) is 6.00. The fourth-order valence-electron chi connectivity index (χ4n) is 4.35. The summed E-state index contributed by atoms with van der Waals surface area (Å²) in [4.78, 5) is 2.41. The Morgan fingerprint density at radius 2 is 2.17 bits per heavy atom. The van der Waals surface area contributed by atoms with Gasteiger partial charge in [-0.3, -0.25) is 0 Å². The molecule has 4 nitrogen and oxygen atoms in total. The van der Waals surface area contributed by atoms with Gasteiger partial charge in [0.25, 0.3) is 0 Å². The van der Waals surface area contributed by atoms with Crippen LogP contribution in [0.5, 0.6) is 5.75 Å². The highest BCUT2D eigenvalue weighted by Crippen LogP contribution is 2.48. The van der Waals surface area contributed by atoms with Crippen LogP contribution in [0.25, 0.3) is 0 Å². The third-order valence-corrected chi connectivity index (χ3v) is 5.67. The molecular formula is C19H27N3O. The Morgan fingerprint density at radius 3 is 2.83 bits per heavy atom. The highest BCUT2D eigenvalue weighted by Gasteiger charge is 2.42. The first kappa shape index (κ1) is 16.1. The molecule has 2 N–H and O–H groups in total. The quantitative estimate of drug-likeness (QED) is 0.640. The number of nitrogens with two attached hydrogens (primary N) is 1. The van der Waals surface area contributed by atoms with E-state index in [9.17, 15) is 0 Å². The maximum Gasteiger partial charge on any atom is 0.122 e. The predicted octanol–water partition coefficient (Wildman–Crippen LogP) is 2.99. The van der Waals surface area contributed by atoms with E-state index in [4.69, 9.17) is 10.6 Å². The van der Waals surface area contributed by atoms with Crippen molar-refractivity contribution in [2.24, 2.45) is 16.9 Å². The molecule has 4 heteroatoms. The summed E-state index contributed by atoms with van der Waals surface area (Å²) in [5, 5.41) is 3.92. The molecule has 2 aliphatic rings. The molecule has 3 rings (SSSR count). The number of hydrogen-bond donors (Lipinski definition) is 1. The van der Waals surface area contributed by atoms with Gasteiger partial charge >= 0.3 is 0 Å². The Morgan fingerprint density at radius 1 is 1.39 bits per heavy atom. The molecule has 0 fully saturated rings. The van der Waals surface area contributed by atoms with Crippen molar-refractivity contribution in [2.75, 3.05) is 20.7 Å².